The zero-order chi connectivity index (χ0) is 16.6. The number of fused-ring (bicyclic) bond motifs is 1. The molecule has 0 radical (unpaired) electrons. The molecule has 0 bridgehead atoms. The standard InChI is InChI=1S/C18H14O5/c1-22-10-7-8-14(23-2)13(9-10)15-16(19)11-5-3-4-6-12(11)17(20)18(15)21/h3-9,19H,1-2H3. The van der Waals surface area contributed by atoms with E-state index in [1.165, 1.54) is 20.3 Å². The zero-order valence-electron chi connectivity index (χ0n) is 12.6. The Balaban J connectivity index is 2.31. The number of hydrogen-bond donors (Lipinski definition) is 1. The van der Waals surface area contributed by atoms with Gasteiger partial charge in [0.1, 0.15) is 17.3 Å². The number of Topliss-reactive ketones (excluding diaryl/α,β-unsaturated/α-hetero) is 2. The van der Waals surface area contributed by atoms with Crippen molar-refractivity contribution in [1.29, 1.82) is 0 Å². The van der Waals surface area contributed by atoms with Crippen molar-refractivity contribution >= 4 is 22.9 Å². The Morgan fingerprint density at radius 2 is 1.52 bits per heavy atom. The molecule has 5 nitrogen and oxygen atoms in total. The Labute approximate surface area is 132 Å². The van der Waals surface area contributed by atoms with Crippen LogP contribution in [-0.2, 0) is 4.79 Å². The molecular weight excluding hydrogens is 296 g/mol. The molecule has 0 aromatic heterocycles. The SMILES string of the molecule is COc1ccc(OC)c(C2=C(O)c3ccccc3C(=O)C2=O)c1. The zero-order valence-corrected chi connectivity index (χ0v) is 12.6. The quantitative estimate of drug-likeness (QED) is 0.883. The number of allylic oxidation sites excluding steroid dienone is 1. The van der Waals surface area contributed by atoms with Crippen LogP contribution >= 0.6 is 0 Å². The Morgan fingerprint density at radius 3 is 2.17 bits per heavy atom. The van der Waals surface area contributed by atoms with Crippen molar-refractivity contribution in [2.24, 2.45) is 0 Å². The van der Waals surface area contributed by atoms with E-state index >= 15 is 0 Å². The van der Waals surface area contributed by atoms with E-state index < -0.39 is 11.6 Å². The summed E-state index contributed by atoms with van der Waals surface area (Å²) in [4.78, 5) is 24.8. The molecule has 23 heavy (non-hydrogen) atoms. The van der Waals surface area contributed by atoms with Gasteiger partial charge in [0, 0.05) is 16.7 Å². The average Bonchev–Trinajstić information content (AvgIpc) is 2.60. The maximum Gasteiger partial charge on any atom is 0.238 e. The number of ether oxygens (including phenoxy) is 2. The fraction of sp³-hybridized carbons (Fsp3) is 0.111. The summed E-state index contributed by atoms with van der Waals surface area (Å²) in [6.45, 7) is 0. The second-order valence-corrected chi connectivity index (χ2v) is 4.99. The summed E-state index contributed by atoms with van der Waals surface area (Å²) in [5.41, 5.74) is 0.763. The average molecular weight is 310 g/mol. The molecule has 2 aromatic rings. The summed E-state index contributed by atoms with van der Waals surface area (Å²) < 4.78 is 10.4. The van der Waals surface area contributed by atoms with E-state index in [4.69, 9.17) is 9.47 Å². The number of rotatable bonds is 3. The minimum atomic E-state index is -0.771. The molecule has 0 aliphatic heterocycles. The highest BCUT2D eigenvalue weighted by Crippen LogP contribution is 2.38. The second kappa shape index (κ2) is 5.61. The van der Waals surface area contributed by atoms with Crippen LogP contribution in [0.5, 0.6) is 11.5 Å². The van der Waals surface area contributed by atoms with Gasteiger partial charge in [0.2, 0.25) is 11.6 Å². The predicted octanol–water partition coefficient (Wildman–Crippen LogP) is 2.90. The van der Waals surface area contributed by atoms with Crippen molar-refractivity contribution < 1.29 is 24.2 Å². The summed E-state index contributed by atoms with van der Waals surface area (Å²) in [5, 5.41) is 10.6. The molecule has 1 aliphatic rings. The molecule has 5 heteroatoms. The van der Waals surface area contributed by atoms with Crippen LogP contribution in [0.1, 0.15) is 21.5 Å². The number of hydrogen-bond acceptors (Lipinski definition) is 5. The van der Waals surface area contributed by atoms with Crippen LogP contribution in [0.3, 0.4) is 0 Å². The Bertz CT molecular complexity index is 848. The lowest BCUT2D eigenvalue weighted by molar-refractivity contribution is -0.110. The summed E-state index contributed by atoms with van der Waals surface area (Å²) in [5.74, 6) is -0.809. The molecular formula is C18H14O5. The van der Waals surface area contributed by atoms with Crippen LogP contribution < -0.4 is 9.47 Å². The second-order valence-electron chi connectivity index (χ2n) is 4.99. The van der Waals surface area contributed by atoms with Gasteiger partial charge in [0.15, 0.2) is 0 Å². The van der Waals surface area contributed by atoms with Gasteiger partial charge in [-0.2, -0.15) is 0 Å². The van der Waals surface area contributed by atoms with Crippen LogP contribution in [0.4, 0.5) is 0 Å². The lowest BCUT2D eigenvalue weighted by Gasteiger charge is -2.19. The smallest absolute Gasteiger partial charge is 0.238 e. The normalized spacial score (nSPS) is 13.8. The number of carbonyl (C=O) groups excluding carboxylic acids is 2. The molecule has 3 rings (SSSR count). The van der Waals surface area contributed by atoms with Crippen molar-refractivity contribution in [3.63, 3.8) is 0 Å². The maximum absolute atomic E-state index is 12.5. The molecule has 1 aliphatic carbocycles. The minimum Gasteiger partial charge on any atom is -0.506 e. The number of aliphatic hydroxyl groups excluding tert-OH is 1. The highest BCUT2D eigenvalue weighted by atomic mass is 16.5. The summed E-state index contributed by atoms with van der Waals surface area (Å²) >= 11 is 0. The molecule has 0 saturated carbocycles. The maximum atomic E-state index is 12.5. The molecule has 0 spiro atoms. The number of methoxy groups -OCH3 is 2. The third-order valence-electron chi connectivity index (χ3n) is 3.77. The first-order valence-corrected chi connectivity index (χ1v) is 6.92. The van der Waals surface area contributed by atoms with Gasteiger partial charge in [-0.3, -0.25) is 9.59 Å². The van der Waals surface area contributed by atoms with Crippen molar-refractivity contribution in [1.82, 2.24) is 0 Å². The van der Waals surface area contributed by atoms with Crippen LogP contribution in [-0.4, -0.2) is 30.9 Å². The first-order chi connectivity index (χ1) is 11.1. The van der Waals surface area contributed by atoms with Gasteiger partial charge in [-0.15, -0.1) is 0 Å². The van der Waals surface area contributed by atoms with E-state index in [-0.39, 0.29) is 16.9 Å². The van der Waals surface area contributed by atoms with Crippen molar-refractivity contribution in [3.05, 3.63) is 59.2 Å². The highest BCUT2D eigenvalue weighted by Gasteiger charge is 2.34. The Hall–Kier alpha value is -3.08. The first kappa shape index (κ1) is 14.8. The van der Waals surface area contributed by atoms with E-state index in [9.17, 15) is 14.7 Å². The Morgan fingerprint density at radius 1 is 0.826 bits per heavy atom. The molecule has 0 atom stereocenters. The van der Waals surface area contributed by atoms with Crippen LogP contribution in [0.2, 0.25) is 0 Å². The third-order valence-corrected chi connectivity index (χ3v) is 3.77. The minimum absolute atomic E-state index is 0.0792. The van der Waals surface area contributed by atoms with Gasteiger partial charge in [-0.25, -0.2) is 0 Å². The molecule has 0 fully saturated rings. The summed E-state index contributed by atoms with van der Waals surface area (Å²) in [7, 11) is 2.94. The van der Waals surface area contributed by atoms with E-state index in [0.29, 0.717) is 22.6 Å². The van der Waals surface area contributed by atoms with Gasteiger partial charge in [0.05, 0.1) is 19.8 Å². The van der Waals surface area contributed by atoms with Crippen molar-refractivity contribution in [2.75, 3.05) is 14.2 Å². The van der Waals surface area contributed by atoms with E-state index in [2.05, 4.69) is 0 Å². The van der Waals surface area contributed by atoms with Gasteiger partial charge in [-0.1, -0.05) is 24.3 Å². The molecule has 0 saturated heterocycles. The lowest BCUT2D eigenvalue weighted by atomic mass is 9.85. The highest BCUT2D eigenvalue weighted by molar-refractivity contribution is 6.62. The van der Waals surface area contributed by atoms with Crippen LogP contribution in [0.15, 0.2) is 42.5 Å². The first-order valence-electron chi connectivity index (χ1n) is 6.92. The molecule has 1 N–H and O–H groups in total. The predicted molar refractivity (Wildman–Crippen MR) is 84.8 cm³/mol. The summed E-state index contributed by atoms with van der Waals surface area (Å²) in [6.07, 6.45) is 0. The number of ketones is 2. The largest absolute Gasteiger partial charge is 0.506 e. The monoisotopic (exact) mass is 310 g/mol. The molecule has 2 aromatic carbocycles. The van der Waals surface area contributed by atoms with E-state index in [0.717, 1.165) is 0 Å². The van der Waals surface area contributed by atoms with Gasteiger partial charge >= 0.3 is 0 Å². The van der Waals surface area contributed by atoms with Gasteiger partial charge < -0.3 is 14.6 Å². The Kier molecular flexibility index (Phi) is 3.62. The third kappa shape index (κ3) is 2.26. The molecule has 116 valence electrons. The number of benzene rings is 2. The topological polar surface area (TPSA) is 72.8 Å². The van der Waals surface area contributed by atoms with Crippen molar-refractivity contribution in [3.8, 4) is 11.5 Å². The summed E-state index contributed by atoms with van der Waals surface area (Å²) in [6, 6.07) is 11.3. The van der Waals surface area contributed by atoms with Crippen molar-refractivity contribution in [2.45, 2.75) is 0 Å². The van der Waals surface area contributed by atoms with Gasteiger partial charge in [-0.05, 0) is 18.2 Å². The molecule has 0 heterocycles. The number of aliphatic hydroxyl groups is 1. The van der Waals surface area contributed by atoms with E-state index in [1.54, 1.807) is 36.4 Å². The molecule has 0 unspecified atom stereocenters. The number of carbonyl (C=O) groups is 2. The van der Waals surface area contributed by atoms with Crippen LogP contribution in [0, 0.1) is 0 Å². The fourth-order valence-corrected chi connectivity index (χ4v) is 2.62. The van der Waals surface area contributed by atoms with Gasteiger partial charge in [0.25, 0.3) is 0 Å². The fourth-order valence-electron chi connectivity index (χ4n) is 2.62. The molecule has 0 amide bonds. The van der Waals surface area contributed by atoms with Crippen LogP contribution in [0.25, 0.3) is 11.3 Å². The lowest BCUT2D eigenvalue weighted by Crippen LogP contribution is -2.23. The van der Waals surface area contributed by atoms with E-state index in [1.807, 2.05) is 0 Å².